The van der Waals surface area contributed by atoms with Crippen LogP contribution in [0.2, 0.25) is 0 Å². The SMILES string of the molecule is COc1cc(C=CC(=O)OCC2(O)COC(OC3C(Oc4ccc(C=CC(=O)c5ccc(O)cc5O)cc4)OC(CO)C(O)C3O)C2O)ccc1O. The van der Waals surface area contributed by atoms with Crippen LogP contribution in [0.4, 0.5) is 0 Å². The molecule has 2 aliphatic rings. The van der Waals surface area contributed by atoms with E-state index in [-0.39, 0.29) is 34.3 Å². The fraction of sp³-hybridized carbons (Fsp3) is 0.333. The van der Waals surface area contributed by atoms with Gasteiger partial charge in [0.15, 0.2) is 35.3 Å². The lowest BCUT2D eigenvalue weighted by atomic mass is 9.98. The number of aromatic hydroxyl groups is 3. The molecule has 2 heterocycles. The Hall–Kier alpha value is -5.04. The van der Waals surface area contributed by atoms with Gasteiger partial charge in [0, 0.05) is 12.1 Å². The van der Waals surface area contributed by atoms with Crippen molar-refractivity contribution in [3.63, 3.8) is 0 Å². The lowest BCUT2D eigenvalue weighted by molar-refractivity contribution is -0.318. The molecule has 2 fully saturated rings. The van der Waals surface area contributed by atoms with E-state index in [4.69, 9.17) is 28.4 Å². The van der Waals surface area contributed by atoms with Crippen molar-refractivity contribution >= 4 is 23.9 Å². The summed E-state index contributed by atoms with van der Waals surface area (Å²) in [5.41, 5.74) is -1.08. The average molecular weight is 727 g/mol. The van der Waals surface area contributed by atoms with Gasteiger partial charge in [0.2, 0.25) is 6.29 Å². The van der Waals surface area contributed by atoms with E-state index < -0.39 is 80.3 Å². The van der Waals surface area contributed by atoms with Gasteiger partial charge in [-0.2, -0.15) is 0 Å². The topological polar surface area (TPSA) is 251 Å². The number of carbonyl (C=O) groups is 2. The molecule has 8 N–H and O–H groups in total. The molecule has 5 rings (SSSR count). The number of aliphatic hydroxyl groups excluding tert-OH is 4. The molecule has 278 valence electrons. The third-order valence-electron chi connectivity index (χ3n) is 8.31. The Kier molecular flexibility index (Phi) is 12.1. The summed E-state index contributed by atoms with van der Waals surface area (Å²) < 4.78 is 32.9. The molecule has 0 aromatic heterocycles. The van der Waals surface area contributed by atoms with Crippen LogP contribution in [0, 0.1) is 0 Å². The highest BCUT2D eigenvalue weighted by molar-refractivity contribution is 6.08. The largest absolute Gasteiger partial charge is 0.508 e. The molecule has 0 radical (unpaired) electrons. The summed E-state index contributed by atoms with van der Waals surface area (Å²) in [4.78, 5) is 24.8. The Balaban J connectivity index is 1.21. The highest BCUT2D eigenvalue weighted by Gasteiger charge is 2.54. The van der Waals surface area contributed by atoms with Crippen LogP contribution in [0.25, 0.3) is 12.2 Å². The summed E-state index contributed by atoms with van der Waals surface area (Å²) in [6.07, 6.45) is -5.97. The number of methoxy groups -OCH3 is 1. The normalized spacial score (nSPS) is 27.5. The molecule has 8 unspecified atom stereocenters. The maximum absolute atomic E-state index is 12.5. The molecule has 16 heteroatoms. The second-order valence-corrected chi connectivity index (χ2v) is 12.0. The van der Waals surface area contributed by atoms with Gasteiger partial charge in [-0.1, -0.05) is 24.3 Å². The van der Waals surface area contributed by atoms with E-state index in [9.17, 15) is 50.4 Å². The molecule has 8 atom stereocenters. The molecule has 2 saturated heterocycles. The van der Waals surface area contributed by atoms with Crippen LogP contribution in [-0.4, -0.2) is 128 Å². The van der Waals surface area contributed by atoms with Crippen molar-refractivity contribution in [3.8, 4) is 28.7 Å². The Morgan fingerprint density at radius 2 is 1.60 bits per heavy atom. The van der Waals surface area contributed by atoms with E-state index in [0.29, 0.717) is 11.1 Å². The van der Waals surface area contributed by atoms with Crippen molar-refractivity contribution in [2.75, 3.05) is 26.9 Å². The Labute approximate surface area is 296 Å². The van der Waals surface area contributed by atoms with E-state index in [1.165, 1.54) is 67.8 Å². The summed E-state index contributed by atoms with van der Waals surface area (Å²) in [5, 5.41) is 82.2. The van der Waals surface area contributed by atoms with Crippen LogP contribution >= 0.6 is 0 Å². The lowest BCUT2D eigenvalue weighted by Crippen LogP contribution is -2.62. The molecule has 0 aliphatic carbocycles. The zero-order chi connectivity index (χ0) is 37.6. The summed E-state index contributed by atoms with van der Waals surface area (Å²) in [6, 6.07) is 14.1. The second kappa shape index (κ2) is 16.5. The van der Waals surface area contributed by atoms with E-state index in [1.54, 1.807) is 12.1 Å². The maximum Gasteiger partial charge on any atom is 0.330 e. The molecule has 0 bridgehead atoms. The third kappa shape index (κ3) is 8.87. The van der Waals surface area contributed by atoms with Crippen LogP contribution in [-0.2, 0) is 23.7 Å². The number of phenols is 3. The monoisotopic (exact) mass is 726 g/mol. The summed E-state index contributed by atoms with van der Waals surface area (Å²) in [6.45, 7) is -1.95. The summed E-state index contributed by atoms with van der Waals surface area (Å²) >= 11 is 0. The van der Waals surface area contributed by atoms with Crippen LogP contribution in [0.15, 0.2) is 72.8 Å². The number of hydrogen-bond donors (Lipinski definition) is 8. The fourth-order valence-electron chi connectivity index (χ4n) is 5.34. The molecule has 2 aliphatic heterocycles. The van der Waals surface area contributed by atoms with Crippen molar-refractivity contribution in [3.05, 3.63) is 89.5 Å². The molecule has 3 aromatic rings. The van der Waals surface area contributed by atoms with Crippen LogP contribution < -0.4 is 9.47 Å². The standard InChI is InChI=1S/C36H38O16/c1-47-27-14-20(5-12-25(27)40)6-13-29(42)48-17-36(46)18-49-35(33(36)45)52-32-31(44)30(43)28(16-37)51-34(32)50-22-8-2-19(3-9-22)4-11-24(39)23-10-7-21(38)15-26(23)41/h2-15,28,30-35,37-38,40-41,43-46H,16-18H2,1H3. The number of phenolic OH excluding ortho intramolecular Hbond substituents is 3. The predicted octanol–water partition coefficient (Wildman–Crippen LogP) is 0.616. The number of carbonyl (C=O) groups excluding carboxylic acids is 2. The number of esters is 1. The zero-order valence-corrected chi connectivity index (χ0v) is 27.6. The first-order valence-corrected chi connectivity index (χ1v) is 15.8. The van der Waals surface area contributed by atoms with Gasteiger partial charge in [0.05, 0.1) is 25.9 Å². The molecule has 3 aromatic carbocycles. The van der Waals surface area contributed by atoms with Crippen molar-refractivity contribution in [1.29, 1.82) is 0 Å². The number of hydrogen-bond acceptors (Lipinski definition) is 16. The van der Waals surface area contributed by atoms with Crippen molar-refractivity contribution in [2.24, 2.45) is 0 Å². The van der Waals surface area contributed by atoms with E-state index >= 15 is 0 Å². The van der Waals surface area contributed by atoms with E-state index in [0.717, 1.165) is 12.1 Å². The van der Waals surface area contributed by atoms with Crippen molar-refractivity contribution in [1.82, 2.24) is 0 Å². The molecule has 0 saturated carbocycles. The molecule has 52 heavy (non-hydrogen) atoms. The first-order valence-electron chi connectivity index (χ1n) is 15.8. The minimum absolute atomic E-state index is 0.00900. The van der Waals surface area contributed by atoms with E-state index in [1.807, 2.05) is 0 Å². The molecule has 0 spiro atoms. The highest BCUT2D eigenvalue weighted by Crippen LogP contribution is 2.33. The van der Waals surface area contributed by atoms with Crippen LogP contribution in [0.3, 0.4) is 0 Å². The van der Waals surface area contributed by atoms with Gasteiger partial charge in [-0.05, 0) is 59.7 Å². The van der Waals surface area contributed by atoms with Gasteiger partial charge in [0.25, 0.3) is 0 Å². The smallest absolute Gasteiger partial charge is 0.330 e. The van der Waals surface area contributed by atoms with Gasteiger partial charge in [-0.3, -0.25) is 4.79 Å². The summed E-state index contributed by atoms with van der Waals surface area (Å²) in [7, 11) is 1.37. The zero-order valence-electron chi connectivity index (χ0n) is 27.6. The number of aliphatic hydroxyl groups is 5. The van der Waals surface area contributed by atoms with Crippen LogP contribution in [0.5, 0.6) is 28.7 Å². The first-order chi connectivity index (χ1) is 24.8. The van der Waals surface area contributed by atoms with Crippen LogP contribution in [0.1, 0.15) is 21.5 Å². The molecule has 0 amide bonds. The Morgan fingerprint density at radius 1 is 0.885 bits per heavy atom. The number of ether oxygens (including phenoxy) is 6. The molecule has 16 nitrogen and oxygen atoms in total. The first kappa shape index (κ1) is 38.2. The predicted molar refractivity (Wildman–Crippen MR) is 178 cm³/mol. The van der Waals surface area contributed by atoms with Gasteiger partial charge in [-0.15, -0.1) is 0 Å². The van der Waals surface area contributed by atoms with Gasteiger partial charge < -0.3 is 69.3 Å². The second-order valence-electron chi connectivity index (χ2n) is 12.0. The number of benzene rings is 3. The van der Waals surface area contributed by atoms with Gasteiger partial charge in [0.1, 0.15) is 48.3 Å². The number of rotatable bonds is 13. The fourth-order valence-corrected chi connectivity index (χ4v) is 5.34. The third-order valence-corrected chi connectivity index (χ3v) is 8.31. The minimum Gasteiger partial charge on any atom is -0.508 e. The molecular formula is C36H38O16. The average Bonchev–Trinajstić information content (AvgIpc) is 3.41. The lowest BCUT2D eigenvalue weighted by Gasteiger charge is -2.42. The number of allylic oxidation sites excluding steroid dienone is 1. The minimum atomic E-state index is -2.13. The van der Waals surface area contributed by atoms with Gasteiger partial charge >= 0.3 is 5.97 Å². The Morgan fingerprint density at radius 3 is 2.29 bits per heavy atom. The number of ketones is 1. The molecular weight excluding hydrogens is 688 g/mol. The quantitative estimate of drug-likeness (QED) is 0.0683. The highest BCUT2D eigenvalue weighted by atomic mass is 16.8. The maximum atomic E-state index is 12.5. The van der Waals surface area contributed by atoms with E-state index in [2.05, 4.69) is 0 Å². The van der Waals surface area contributed by atoms with Crippen molar-refractivity contribution in [2.45, 2.75) is 48.7 Å². The van der Waals surface area contributed by atoms with Crippen molar-refractivity contribution < 1.29 is 78.9 Å². The summed E-state index contributed by atoms with van der Waals surface area (Å²) in [5.74, 6) is -1.68. The van der Waals surface area contributed by atoms with Gasteiger partial charge in [-0.25, -0.2) is 4.79 Å². The Bertz CT molecular complexity index is 1770.